The van der Waals surface area contributed by atoms with E-state index in [1.807, 2.05) is 6.07 Å². The summed E-state index contributed by atoms with van der Waals surface area (Å²) in [5.74, 6) is -0.254. The molecule has 8 nitrogen and oxygen atoms in total. The average molecular weight is 535 g/mol. The second-order valence-electron chi connectivity index (χ2n) is 11.0. The molecule has 2 N–H and O–H groups in total. The second-order valence-corrected chi connectivity index (χ2v) is 11.0. The molecule has 3 saturated heterocycles. The van der Waals surface area contributed by atoms with Crippen LogP contribution in [0.25, 0.3) is 32.9 Å². The molecule has 3 aliphatic heterocycles. The van der Waals surface area contributed by atoms with Gasteiger partial charge in [0.2, 0.25) is 0 Å². The van der Waals surface area contributed by atoms with Crippen molar-refractivity contribution in [1.29, 1.82) is 0 Å². The fourth-order valence-corrected chi connectivity index (χ4v) is 6.55. The summed E-state index contributed by atoms with van der Waals surface area (Å²) in [6.45, 7) is 2.89. The van der Waals surface area contributed by atoms with E-state index in [9.17, 15) is 0 Å². The maximum atomic E-state index is 16.4. The zero-order chi connectivity index (χ0) is 26.7. The first-order valence-electron chi connectivity index (χ1n) is 13.7. The normalized spacial score (nSPS) is 23.3. The van der Waals surface area contributed by atoms with Crippen molar-refractivity contribution in [3.05, 3.63) is 42.1 Å². The van der Waals surface area contributed by atoms with Crippen LogP contribution in [-0.4, -0.2) is 78.4 Å². The summed E-state index contributed by atoms with van der Waals surface area (Å²) in [7, 11) is 3.65. The number of hydrogen-bond donors (Lipinski definition) is 2. The minimum Gasteiger partial charge on any atom is -0.495 e. The SMILES string of the molecule is COc1cccc2c(-c3c(F)cc4c(N5CC6CCC(C5)N6)nc(OC[C@@H]5CCCN5C)nc4c3F)c[nH]c12. The Kier molecular flexibility index (Phi) is 6.04. The number of likely N-dealkylation sites (N-methyl/N-ethyl adjacent to an activating group) is 1. The van der Waals surface area contributed by atoms with E-state index in [4.69, 9.17) is 14.5 Å². The molecule has 10 heteroatoms. The van der Waals surface area contributed by atoms with Crippen molar-refractivity contribution < 1.29 is 18.3 Å². The topological polar surface area (TPSA) is 78.5 Å². The number of para-hydroxylation sites is 1. The summed E-state index contributed by atoms with van der Waals surface area (Å²) >= 11 is 0. The Morgan fingerprint density at radius 3 is 2.64 bits per heavy atom. The zero-order valence-electron chi connectivity index (χ0n) is 22.1. The van der Waals surface area contributed by atoms with Crippen molar-refractivity contribution in [1.82, 2.24) is 25.2 Å². The summed E-state index contributed by atoms with van der Waals surface area (Å²) in [4.78, 5) is 16.8. The van der Waals surface area contributed by atoms with Crippen molar-refractivity contribution in [2.45, 2.75) is 43.8 Å². The maximum Gasteiger partial charge on any atom is 0.319 e. The van der Waals surface area contributed by atoms with Gasteiger partial charge >= 0.3 is 6.01 Å². The molecule has 3 atom stereocenters. The molecule has 3 fully saturated rings. The van der Waals surface area contributed by atoms with Gasteiger partial charge in [-0.1, -0.05) is 12.1 Å². The van der Waals surface area contributed by atoms with E-state index in [2.05, 4.69) is 32.1 Å². The van der Waals surface area contributed by atoms with Gasteiger partial charge in [0.15, 0.2) is 5.82 Å². The summed E-state index contributed by atoms with van der Waals surface area (Å²) in [6.07, 6.45) is 5.93. The highest BCUT2D eigenvalue weighted by Crippen LogP contribution is 2.40. The van der Waals surface area contributed by atoms with E-state index in [1.165, 1.54) is 6.07 Å². The number of nitrogens with one attached hydrogen (secondary N) is 2. The van der Waals surface area contributed by atoms with E-state index >= 15 is 8.78 Å². The number of rotatable bonds is 6. The van der Waals surface area contributed by atoms with Gasteiger partial charge in [-0.05, 0) is 51.4 Å². The molecular formula is C29H32F2N6O2. The van der Waals surface area contributed by atoms with Crippen LogP contribution in [0.15, 0.2) is 30.5 Å². The Labute approximate surface area is 225 Å². The highest BCUT2D eigenvalue weighted by atomic mass is 19.1. The molecule has 7 rings (SSSR count). The van der Waals surface area contributed by atoms with Crippen LogP contribution in [0.1, 0.15) is 25.7 Å². The molecule has 2 aromatic heterocycles. The minimum absolute atomic E-state index is 0.0642. The third-order valence-electron chi connectivity index (χ3n) is 8.60. The first-order valence-corrected chi connectivity index (χ1v) is 13.7. The third-order valence-corrected chi connectivity index (χ3v) is 8.60. The molecule has 0 aliphatic carbocycles. The number of methoxy groups -OCH3 is 1. The highest BCUT2D eigenvalue weighted by Gasteiger charge is 2.34. The lowest BCUT2D eigenvalue weighted by atomic mass is 10.0. The Balaban J connectivity index is 1.36. The lowest BCUT2D eigenvalue weighted by molar-refractivity contribution is 0.188. The Morgan fingerprint density at radius 2 is 1.90 bits per heavy atom. The first-order chi connectivity index (χ1) is 19.0. The van der Waals surface area contributed by atoms with Crippen LogP contribution in [0.4, 0.5) is 14.6 Å². The molecule has 4 aromatic rings. The number of likely N-dealkylation sites (tertiary alicyclic amines) is 1. The fourth-order valence-electron chi connectivity index (χ4n) is 6.55. The van der Waals surface area contributed by atoms with Crippen LogP contribution in [0.3, 0.4) is 0 Å². The number of hydrogen-bond acceptors (Lipinski definition) is 7. The number of benzene rings is 2. The number of nitrogens with zero attached hydrogens (tertiary/aromatic N) is 4. The fraction of sp³-hybridized carbons (Fsp3) is 0.448. The Bertz CT molecular complexity index is 1550. The quantitative estimate of drug-likeness (QED) is 0.378. The lowest BCUT2D eigenvalue weighted by Gasteiger charge is -2.34. The van der Waals surface area contributed by atoms with Crippen molar-refractivity contribution in [2.75, 3.05) is 45.3 Å². The number of H-pyrrole nitrogens is 1. The average Bonchev–Trinajstić information content (AvgIpc) is 3.65. The summed E-state index contributed by atoms with van der Waals surface area (Å²) in [5.41, 5.74) is 1.03. The summed E-state index contributed by atoms with van der Waals surface area (Å²) in [6, 6.07) is 7.86. The molecule has 204 valence electrons. The largest absolute Gasteiger partial charge is 0.495 e. The van der Waals surface area contributed by atoms with Crippen LogP contribution in [0.2, 0.25) is 0 Å². The number of aromatic nitrogens is 3. The van der Waals surface area contributed by atoms with Gasteiger partial charge in [0.25, 0.3) is 0 Å². The predicted molar refractivity (Wildman–Crippen MR) is 147 cm³/mol. The van der Waals surface area contributed by atoms with Crippen LogP contribution in [-0.2, 0) is 0 Å². The van der Waals surface area contributed by atoms with Gasteiger partial charge in [0.05, 0.1) is 18.2 Å². The molecule has 3 aliphatic rings. The number of ether oxygens (including phenoxy) is 2. The molecular weight excluding hydrogens is 502 g/mol. The number of fused-ring (bicyclic) bond motifs is 4. The zero-order valence-corrected chi connectivity index (χ0v) is 22.1. The smallest absolute Gasteiger partial charge is 0.319 e. The molecule has 2 unspecified atom stereocenters. The molecule has 0 amide bonds. The monoisotopic (exact) mass is 534 g/mol. The molecule has 5 heterocycles. The second kappa shape index (κ2) is 9.60. The van der Waals surface area contributed by atoms with Gasteiger partial charge in [0, 0.05) is 53.7 Å². The maximum absolute atomic E-state index is 16.4. The number of anilines is 1. The standard InChI is InChI=1S/C29H32F2N6O2/c1-36-10-4-5-18(36)15-39-29-34-27-20(28(35-29)37-13-16-8-9-17(14-37)33-16)11-22(30)24(25(27)31)21-12-32-26-19(21)6-3-7-23(26)38-2/h3,6-7,11-12,16-18,32-33H,4-5,8-10,13-15H2,1-2H3/t16?,17?,18-/m0/s1. The van der Waals surface area contributed by atoms with Gasteiger partial charge in [-0.2, -0.15) is 9.97 Å². The van der Waals surface area contributed by atoms with Crippen molar-refractivity contribution in [3.8, 4) is 22.9 Å². The van der Waals surface area contributed by atoms with Gasteiger partial charge in [-0.3, -0.25) is 0 Å². The van der Waals surface area contributed by atoms with Crippen molar-refractivity contribution in [2.24, 2.45) is 0 Å². The minimum atomic E-state index is -0.724. The first kappa shape index (κ1) is 24.5. The van der Waals surface area contributed by atoms with E-state index in [-0.39, 0.29) is 23.1 Å². The van der Waals surface area contributed by atoms with Gasteiger partial charge in [-0.15, -0.1) is 0 Å². The molecule has 39 heavy (non-hydrogen) atoms. The van der Waals surface area contributed by atoms with Gasteiger partial charge < -0.3 is 29.6 Å². The summed E-state index contributed by atoms with van der Waals surface area (Å²) < 4.78 is 43.8. The van der Waals surface area contributed by atoms with Crippen LogP contribution >= 0.6 is 0 Å². The number of halogens is 2. The van der Waals surface area contributed by atoms with E-state index in [0.29, 0.717) is 52.1 Å². The van der Waals surface area contributed by atoms with Crippen LogP contribution < -0.4 is 19.7 Å². The van der Waals surface area contributed by atoms with E-state index in [1.54, 1.807) is 25.4 Å². The number of aromatic amines is 1. The van der Waals surface area contributed by atoms with E-state index < -0.39 is 11.6 Å². The summed E-state index contributed by atoms with van der Waals surface area (Å²) in [5, 5.41) is 4.64. The van der Waals surface area contributed by atoms with Crippen molar-refractivity contribution in [3.63, 3.8) is 0 Å². The predicted octanol–water partition coefficient (Wildman–Crippen LogP) is 4.48. The Morgan fingerprint density at radius 1 is 1.08 bits per heavy atom. The Hall–Kier alpha value is -3.50. The molecule has 0 saturated carbocycles. The van der Waals surface area contributed by atoms with E-state index in [0.717, 1.165) is 45.3 Å². The molecule has 0 radical (unpaired) electrons. The highest BCUT2D eigenvalue weighted by molar-refractivity contribution is 6.01. The van der Waals surface area contributed by atoms with Crippen LogP contribution in [0.5, 0.6) is 11.8 Å². The van der Waals surface area contributed by atoms with Crippen LogP contribution in [0, 0.1) is 11.6 Å². The van der Waals surface area contributed by atoms with Gasteiger partial charge in [-0.25, -0.2) is 8.78 Å². The lowest BCUT2D eigenvalue weighted by Crippen LogP contribution is -2.51. The van der Waals surface area contributed by atoms with Crippen molar-refractivity contribution >= 4 is 27.6 Å². The number of piperazine rings is 1. The molecule has 2 aromatic carbocycles. The third kappa shape index (κ3) is 4.17. The van der Waals surface area contributed by atoms with Gasteiger partial charge in [0.1, 0.15) is 29.5 Å². The molecule has 0 spiro atoms. The molecule has 2 bridgehead atoms.